The van der Waals surface area contributed by atoms with Gasteiger partial charge in [-0.15, -0.1) is 15.3 Å². The molecule has 0 unspecified atom stereocenters. The van der Waals surface area contributed by atoms with Gasteiger partial charge in [-0.1, -0.05) is 11.6 Å². The number of benzene rings is 1. The molecule has 1 aliphatic heterocycles. The first-order valence-electron chi connectivity index (χ1n) is 9.45. The number of anilines is 2. The largest absolute Gasteiger partial charge is 0.495 e. The maximum absolute atomic E-state index is 13.1. The molecule has 3 aromatic rings. The molecule has 12 heteroatoms. The normalized spacial score (nSPS) is 17.1. The van der Waals surface area contributed by atoms with Crippen molar-refractivity contribution in [1.29, 1.82) is 0 Å². The number of aromatic nitrogens is 4. The topological polar surface area (TPSA) is 84.6 Å². The molecular weight excluding hydrogens is 437 g/mol. The molecule has 1 fully saturated rings. The van der Waals surface area contributed by atoms with Gasteiger partial charge >= 0.3 is 6.18 Å². The molecule has 0 bridgehead atoms. The van der Waals surface area contributed by atoms with Gasteiger partial charge in [0.25, 0.3) is 5.82 Å². The Kier molecular flexibility index (Phi) is 5.61. The van der Waals surface area contributed by atoms with Crippen molar-refractivity contribution < 1.29 is 22.7 Å². The number of halogens is 4. The summed E-state index contributed by atoms with van der Waals surface area (Å²) in [5, 5.41) is 14.0. The van der Waals surface area contributed by atoms with Gasteiger partial charge in [-0.3, -0.25) is 4.79 Å². The SMILES string of the molecule is COc1ccc(NC(=O)[C@H]2CCCN(c3ccc4nnc(C(F)(F)F)n4n3)C2)cc1Cl. The molecule has 164 valence electrons. The summed E-state index contributed by atoms with van der Waals surface area (Å²) in [4.78, 5) is 14.5. The number of hydrogen-bond acceptors (Lipinski definition) is 6. The fourth-order valence-electron chi connectivity index (χ4n) is 3.51. The van der Waals surface area contributed by atoms with Crippen LogP contribution in [0.15, 0.2) is 30.3 Å². The van der Waals surface area contributed by atoms with E-state index in [9.17, 15) is 18.0 Å². The molecule has 0 aliphatic carbocycles. The van der Waals surface area contributed by atoms with Crippen molar-refractivity contribution in [3.63, 3.8) is 0 Å². The van der Waals surface area contributed by atoms with Gasteiger partial charge in [-0.05, 0) is 43.2 Å². The van der Waals surface area contributed by atoms with Crippen LogP contribution in [-0.2, 0) is 11.0 Å². The quantitative estimate of drug-likeness (QED) is 0.647. The average molecular weight is 455 g/mol. The van der Waals surface area contributed by atoms with Crippen LogP contribution in [0.3, 0.4) is 0 Å². The third-order valence-corrected chi connectivity index (χ3v) is 5.33. The standard InChI is InChI=1S/C19H18ClF3N6O2/c1-31-14-5-4-12(9-13(14)20)24-17(30)11-3-2-8-28(10-11)16-7-6-15-25-26-18(19(21,22)23)29(15)27-16/h4-7,9,11H,2-3,8,10H2,1H3,(H,24,30)/t11-/m0/s1. The maximum atomic E-state index is 13.1. The second-order valence-corrected chi connectivity index (χ2v) is 7.51. The molecule has 0 spiro atoms. The van der Waals surface area contributed by atoms with Crippen LogP contribution >= 0.6 is 11.6 Å². The highest BCUT2D eigenvalue weighted by Crippen LogP contribution is 2.30. The van der Waals surface area contributed by atoms with Gasteiger partial charge in [-0.25, -0.2) is 0 Å². The van der Waals surface area contributed by atoms with Crippen molar-refractivity contribution >= 4 is 34.7 Å². The summed E-state index contributed by atoms with van der Waals surface area (Å²) < 4.78 is 45.2. The minimum Gasteiger partial charge on any atom is -0.495 e. The Hall–Kier alpha value is -3.08. The molecule has 1 saturated heterocycles. The van der Waals surface area contributed by atoms with Gasteiger partial charge in [0.05, 0.1) is 18.1 Å². The lowest BCUT2D eigenvalue weighted by Gasteiger charge is -2.32. The number of rotatable bonds is 4. The van der Waals surface area contributed by atoms with Crippen LogP contribution in [0.25, 0.3) is 5.65 Å². The van der Waals surface area contributed by atoms with Gasteiger partial charge in [0.15, 0.2) is 5.65 Å². The van der Waals surface area contributed by atoms with E-state index in [0.717, 1.165) is 0 Å². The van der Waals surface area contributed by atoms with E-state index in [-0.39, 0.29) is 17.5 Å². The van der Waals surface area contributed by atoms with Crippen LogP contribution in [0.4, 0.5) is 24.7 Å². The maximum Gasteiger partial charge on any atom is 0.453 e. The Morgan fingerprint density at radius 2 is 2.06 bits per heavy atom. The van der Waals surface area contributed by atoms with E-state index in [2.05, 4.69) is 20.6 Å². The second-order valence-electron chi connectivity index (χ2n) is 7.11. The van der Waals surface area contributed by atoms with Crippen molar-refractivity contribution in [2.45, 2.75) is 19.0 Å². The van der Waals surface area contributed by atoms with Crippen LogP contribution in [0.5, 0.6) is 5.75 Å². The summed E-state index contributed by atoms with van der Waals surface area (Å²) in [5.74, 6) is -0.936. The van der Waals surface area contributed by atoms with E-state index >= 15 is 0 Å². The number of hydrogen-bond donors (Lipinski definition) is 1. The van der Waals surface area contributed by atoms with Crippen LogP contribution in [0, 0.1) is 5.92 Å². The molecule has 31 heavy (non-hydrogen) atoms. The van der Waals surface area contributed by atoms with Crippen molar-refractivity contribution in [2.75, 3.05) is 30.4 Å². The highest BCUT2D eigenvalue weighted by Gasteiger charge is 2.38. The molecule has 1 N–H and O–H groups in total. The number of carbonyl (C=O) groups excluding carboxylic acids is 1. The minimum absolute atomic E-state index is 0.00115. The number of alkyl halides is 3. The van der Waals surface area contributed by atoms with Crippen LogP contribution in [0.2, 0.25) is 5.02 Å². The summed E-state index contributed by atoms with van der Waals surface area (Å²) in [6.45, 7) is 0.887. The lowest BCUT2D eigenvalue weighted by atomic mass is 9.97. The number of ether oxygens (including phenoxy) is 1. The van der Waals surface area contributed by atoms with Crippen molar-refractivity contribution in [1.82, 2.24) is 19.8 Å². The fraction of sp³-hybridized carbons (Fsp3) is 0.368. The predicted octanol–water partition coefficient (Wildman–Crippen LogP) is 3.66. The Morgan fingerprint density at radius 1 is 1.26 bits per heavy atom. The van der Waals surface area contributed by atoms with Crippen LogP contribution < -0.4 is 15.0 Å². The highest BCUT2D eigenvalue weighted by molar-refractivity contribution is 6.32. The van der Waals surface area contributed by atoms with Gasteiger partial charge in [0, 0.05) is 18.8 Å². The molecule has 4 rings (SSSR count). The summed E-state index contributed by atoms with van der Waals surface area (Å²) in [6, 6.07) is 7.94. The van der Waals surface area contributed by atoms with Crippen LogP contribution in [0.1, 0.15) is 18.7 Å². The molecule has 1 atom stereocenters. The van der Waals surface area contributed by atoms with E-state index in [0.29, 0.717) is 52.7 Å². The number of nitrogens with one attached hydrogen (secondary N) is 1. The number of nitrogens with zero attached hydrogens (tertiary/aromatic N) is 5. The lowest BCUT2D eigenvalue weighted by Crippen LogP contribution is -2.41. The summed E-state index contributed by atoms with van der Waals surface area (Å²) in [7, 11) is 1.50. The highest BCUT2D eigenvalue weighted by atomic mass is 35.5. The third kappa shape index (κ3) is 4.36. The first kappa shape index (κ1) is 21.2. The molecule has 0 saturated carbocycles. The smallest absolute Gasteiger partial charge is 0.453 e. The fourth-order valence-corrected chi connectivity index (χ4v) is 3.77. The Morgan fingerprint density at radius 3 is 2.77 bits per heavy atom. The van der Waals surface area contributed by atoms with Gasteiger partial charge in [0.2, 0.25) is 5.91 Å². The van der Waals surface area contributed by atoms with Gasteiger partial charge in [0.1, 0.15) is 11.6 Å². The predicted molar refractivity (Wildman–Crippen MR) is 107 cm³/mol. The minimum atomic E-state index is -4.67. The zero-order valence-corrected chi connectivity index (χ0v) is 17.1. The summed E-state index contributed by atoms with van der Waals surface area (Å²) in [5.41, 5.74) is 0.533. The molecule has 1 aliphatic rings. The Balaban J connectivity index is 1.50. The molecular formula is C19H18ClF3N6O2. The van der Waals surface area contributed by atoms with E-state index < -0.39 is 12.0 Å². The van der Waals surface area contributed by atoms with E-state index in [1.807, 2.05) is 0 Å². The average Bonchev–Trinajstić information content (AvgIpc) is 3.18. The van der Waals surface area contributed by atoms with Crippen molar-refractivity contribution in [3.05, 3.63) is 41.2 Å². The van der Waals surface area contributed by atoms with Gasteiger partial charge in [-0.2, -0.15) is 17.7 Å². The monoisotopic (exact) mass is 454 g/mol. The van der Waals surface area contributed by atoms with Crippen molar-refractivity contribution in [3.8, 4) is 5.75 Å². The van der Waals surface area contributed by atoms with Crippen molar-refractivity contribution in [2.24, 2.45) is 5.92 Å². The number of amides is 1. The Bertz CT molecular complexity index is 1120. The molecule has 0 radical (unpaired) electrons. The van der Waals surface area contributed by atoms with E-state index in [1.54, 1.807) is 29.2 Å². The summed E-state index contributed by atoms with van der Waals surface area (Å²) >= 11 is 6.10. The molecule has 2 aromatic heterocycles. The first-order valence-corrected chi connectivity index (χ1v) is 9.83. The zero-order valence-electron chi connectivity index (χ0n) is 16.4. The number of fused-ring (bicyclic) bond motifs is 1. The second kappa shape index (κ2) is 8.22. The summed E-state index contributed by atoms with van der Waals surface area (Å²) in [6.07, 6.45) is -3.33. The molecule has 1 aromatic carbocycles. The molecule has 3 heterocycles. The van der Waals surface area contributed by atoms with E-state index in [4.69, 9.17) is 16.3 Å². The molecule has 8 nitrogen and oxygen atoms in total. The molecule has 1 amide bonds. The zero-order chi connectivity index (χ0) is 22.2. The lowest BCUT2D eigenvalue weighted by molar-refractivity contribution is -0.146. The number of carbonyl (C=O) groups is 1. The Labute approximate surface area is 180 Å². The third-order valence-electron chi connectivity index (χ3n) is 5.04. The first-order chi connectivity index (χ1) is 14.8. The van der Waals surface area contributed by atoms with Gasteiger partial charge < -0.3 is 15.0 Å². The van der Waals surface area contributed by atoms with E-state index in [1.165, 1.54) is 13.2 Å². The van der Waals surface area contributed by atoms with Crippen LogP contribution in [-0.4, -0.2) is 45.9 Å². The number of piperidine rings is 1. The number of methoxy groups -OCH3 is 1.